The number of guanidine groups is 1. The molecule has 2 N–H and O–H groups in total. The molecule has 1 aliphatic heterocycles. The summed E-state index contributed by atoms with van der Waals surface area (Å²) in [7, 11) is -3.57. The summed E-state index contributed by atoms with van der Waals surface area (Å²) in [4.78, 5) is 4.18. The van der Waals surface area contributed by atoms with Crippen LogP contribution in [-0.4, -0.2) is 57.4 Å². The summed E-state index contributed by atoms with van der Waals surface area (Å²) in [5.41, 5.74) is -2.81. The number of aliphatic imine (C=N–C) groups is 1. The van der Waals surface area contributed by atoms with E-state index >= 15 is 0 Å². The highest BCUT2D eigenvalue weighted by Crippen LogP contribution is 2.30. The molecule has 0 spiro atoms. The molecule has 1 unspecified atom stereocenters. The molecule has 1 heterocycles. The number of piperidine rings is 1. The van der Waals surface area contributed by atoms with E-state index in [1.54, 1.807) is 7.05 Å². The van der Waals surface area contributed by atoms with Crippen molar-refractivity contribution in [1.29, 1.82) is 0 Å². The number of hydrogen-bond donors (Lipinski definition) is 2. The fourth-order valence-electron chi connectivity index (χ4n) is 3.22. The first kappa shape index (κ1) is 27.0. The summed E-state index contributed by atoms with van der Waals surface area (Å²) in [5, 5.41) is 6.45. The van der Waals surface area contributed by atoms with Crippen LogP contribution in [0, 0.1) is 12.8 Å². The van der Waals surface area contributed by atoms with E-state index in [2.05, 4.69) is 46.8 Å². The van der Waals surface area contributed by atoms with Crippen molar-refractivity contribution in [2.24, 2.45) is 10.9 Å². The molecular formula is C19H30F3IN4O2S. The third kappa shape index (κ3) is 7.26. The summed E-state index contributed by atoms with van der Waals surface area (Å²) >= 11 is 0. The van der Waals surface area contributed by atoms with Gasteiger partial charge in [0.15, 0.2) is 5.96 Å². The summed E-state index contributed by atoms with van der Waals surface area (Å²) < 4.78 is 61.4. The van der Waals surface area contributed by atoms with Crippen molar-refractivity contribution in [3.63, 3.8) is 0 Å². The van der Waals surface area contributed by atoms with Crippen molar-refractivity contribution in [1.82, 2.24) is 14.9 Å². The minimum Gasteiger partial charge on any atom is -0.356 e. The Labute approximate surface area is 193 Å². The molecule has 0 aliphatic carbocycles. The molecule has 172 valence electrons. The first-order valence-electron chi connectivity index (χ1n) is 9.62. The largest absolute Gasteiger partial charge is 0.511 e. The van der Waals surface area contributed by atoms with E-state index in [-0.39, 0.29) is 48.9 Å². The van der Waals surface area contributed by atoms with Crippen LogP contribution in [0.5, 0.6) is 0 Å². The van der Waals surface area contributed by atoms with E-state index in [9.17, 15) is 21.6 Å². The lowest BCUT2D eigenvalue weighted by molar-refractivity contribution is -0.0496. The number of alkyl halides is 3. The van der Waals surface area contributed by atoms with Gasteiger partial charge in [-0.3, -0.25) is 4.99 Å². The Morgan fingerprint density at radius 1 is 1.20 bits per heavy atom. The van der Waals surface area contributed by atoms with Gasteiger partial charge in [-0.25, -0.2) is 8.42 Å². The lowest BCUT2D eigenvalue weighted by atomic mass is 9.98. The average molecular weight is 562 g/mol. The quantitative estimate of drug-likeness (QED) is 0.317. The van der Waals surface area contributed by atoms with Crippen LogP contribution in [0.2, 0.25) is 0 Å². The molecule has 0 saturated carbocycles. The highest BCUT2D eigenvalue weighted by Gasteiger charge is 2.50. The van der Waals surface area contributed by atoms with E-state index in [0.717, 1.165) is 0 Å². The molecule has 1 aliphatic rings. The van der Waals surface area contributed by atoms with Gasteiger partial charge < -0.3 is 10.6 Å². The van der Waals surface area contributed by atoms with Gasteiger partial charge in [-0.1, -0.05) is 36.8 Å². The van der Waals surface area contributed by atoms with Crippen LogP contribution in [0.4, 0.5) is 13.2 Å². The van der Waals surface area contributed by atoms with E-state index in [0.29, 0.717) is 36.2 Å². The first-order valence-corrected chi connectivity index (χ1v) is 11.1. The van der Waals surface area contributed by atoms with Gasteiger partial charge in [-0.05, 0) is 37.2 Å². The maximum absolute atomic E-state index is 12.6. The monoisotopic (exact) mass is 562 g/mol. The second-order valence-electron chi connectivity index (χ2n) is 7.44. The standard InChI is InChI=1S/C19H29F3N4O2S.HI/c1-14-4-6-17(7-5-14)15(2)12-24-18(23-3)25-13-16-8-10-26(11-9-16)29(27,28)19(20,21)22;/h4-7,15-16H,8-13H2,1-3H3,(H2,23,24,25);1H. The molecule has 1 aromatic rings. The topological polar surface area (TPSA) is 73.8 Å². The minimum atomic E-state index is -5.24. The molecule has 11 heteroatoms. The van der Waals surface area contributed by atoms with Crippen molar-refractivity contribution in [3.8, 4) is 0 Å². The van der Waals surface area contributed by atoms with Gasteiger partial charge in [-0.15, -0.1) is 24.0 Å². The summed E-state index contributed by atoms with van der Waals surface area (Å²) in [5.74, 6) is 0.988. The van der Waals surface area contributed by atoms with Crippen molar-refractivity contribution < 1.29 is 21.6 Å². The van der Waals surface area contributed by atoms with Crippen molar-refractivity contribution in [2.45, 2.75) is 38.1 Å². The second kappa shape index (κ2) is 11.5. The Morgan fingerprint density at radius 2 is 1.77 bits per heavy atom. The van der Waals surface area contributed by atoms with Gasteiger partial charge in [0.25, 0.3) is 0 Å². The molecule has 6 nitrogen and oxygen atoms in total. The van der Waals surface area contributed by atoms with Crippen molar-refractivity contribution in [3.05, 3.63) is 35.4 Å². The molecule has 0 bridgehead atoms. The van der Waals surface area contributed by atoms with Gasteiger partial charge in [0.2, 0.25) is 0 Å². The Kier molecular flexibility index (Phi) is 10.3. The molecule has 1 saturated heterocycles. The molecule has 2 rings (SSSR count). The molecule has 1 atom stereocenters. The Balaban J connectivity index is 0.00000450. The van der Waals surface area contributed by atoms with Crippen LogP contribution in [0.3, 0.4) is 0 Å². The summed E-state index contributed by atoms with van der Waals surface area (Å²) in [6, 6.07) is 8.34. The number of aryl methyl sites for hydroxylation is 1. The Hall–Kier alpha value is -1.08. The van der Waals surface area contributed by atoms with Crippen LogP contribution >= 0.6 is 24.0 Å². The van der Waals surface area contributed by atoms with E-state index in [1.807, 2.05) is 6.92 Å². The van der Waals surface area contributed by atoms with Crippen LogP contribution in [-0.2, 0) is 10.0 Å². The van der Waals surface area contributed by atoms with Crippen LogP contribution in [0.15, 0.2) is 29.3 Å². The highest BCUT2D eigenvalue weighted by atomic mass is 127. The fraction of sp³-hybridized carbons (Fsp3) is 0.632. The summed E-state index contributed by atoms with van der Waals surface area (Å²) in [6.45, 7) is 5.13. The van der Waals surface area contributed by atoms with E-state index in [1.165, 1.54) is 11.1 Å². The van der Waals surface area contributed by atoms with Crippen molar-refractivity contribution in [2.75, 3.05) is 33.2 Å². The number of sulfonamides is 1. The van der Waals surface area contributed by atoms with Gasteiger partial charge in [-0.2, -0.15) is 17.5 Å². The normalized spacial score (nSPS) is 17.9. The molecule has 30 heavy (non-hydrogen) atoms. The molecular weight excluding hydrogens is 532 g/mol. The number of nitrogens with one attached hydrogen (secondary N) is 2. The SMILES string of the molecule is CN=C(NCC1CCN(S(=O)(=O)C(F)(F)F)CC1)NCC(C)c1ccc(C)cc1.I. The number of rotatable bonds is 6. The number of hydrogen-bond acceptors (Lipinski definition) is 3. The molecule has 1 aromatic carbocycles. The average Bonchev–Trinajstić information content (AvgIpc) is 2.68. The van der Waals surface area contributed by atoms with E-state index in [4.69, 9.17) is 0 Å². The predicted molar refractivity (Wildman–Crippen MR) is 124 cm³/mol. The van der Waals surface area contributed by atoms with Gasteiger partial charge in [0.05, 0.1) is 0 Å². The van der Waals surface area contributed by atoms with Gasteiger partial charge in [0.1, 0.15) is 0 Å². The highest BCUT2D eigenvalue weighted by molar-refractivity contribution is 14.0. The van der Waals surface area contributed by atoms with Crippen LogP contribution < -0.4 is 10.6 Å². The van der Waals surface area contributed by atoms with Crippen molar-refractivity contribution >= 4 is 40.0 Å². The van der Waals surface area contributed by atoms with Gasteiger partial charge in [0, 0.05) is 33.2 Å². The zero-order chi connectivity index (χ0) is 21.7. The third-order valence-electron chi connectivity index (χ3n) is 5.21. The van der Waals surface area contributed by atoms with E-state index < -0.39 is 15.5 Å². The Bertz CT molecular complexity index is 793. The Morgan fingerprint density at radius 3 is 2.27 bits per heavy atom. The lowest BCUT2D eigenvalue weighted by Gasteiger charge is -2.31. The molecule has 0 amide bonds. The molecule has 0 aromatic heterocycles. The van der Waals surface area contributed by atoms with Gasteiger partial charge >= 0.3 is 15.5 Å². The third-order valence-corrected chi connectivity index (χ3v) is 6.84. The van der Waals surface area contributed by atoms with Crippen LogP contribution in [0.1, 0.15) is 36.8 Å². The first-order chi connectivity index (χ1) is 13.5. The summed E-state index contributed by atoms with van der Waals surface area (Å²) in [6.07, 6.45) is 0.748. The number of nitrogens with zero attached hydrogens (tertiary/aromatic N) is 2. The second-order valence-corrected chi connectivity index (χ2v) is 9.37. The maximum Gasteiger partial charge on any atom is 0.511 e. The zero-order valence-electron chi connectivity index (χ0n) is 17.4. The maximum atomic E-state index is 12.6. The molecule has 1 fully saturated rings. The number of halogens is 4. The lowest BCUT2D eigenvalue weighted by Crippen LogP contribution is -2.47. The van der Waals surface area contributed by atoms with Crippen LogP contribution in [0.25, 0.3) is 0 Å². The molecule has 0 radical (unpaired) electrons. The smallest absolute Gasteiger partial charge is 0.356 e. The minimum absolute atomic E-state index is 0. The number of benzene rings is 1. The zero-order valence-corrected chi connectivity index (χ0v) is 20.5. The fourth-order valence-corrected chi connectivity index (χ4v) is 4.21. The predicted octanol–water partition coefficient (Wildman–Crippen LogP) is 3.44.